The number of nitro groups is 1. The SMILES string of the molecule is CCC(=O)c1ccc([N+](=O)[O-])cc1SC(F)(F)F. The van der Waals surface area contributed by atoms with Gasteiger partial charge >= 0.3 is 5.51 Å². The molecule has 1 aromatic carbocycles. The van der Waals surface area contributed by atoms with Crippen LogP contribution in [-0.2, 0) is 0 Å². The quantitative estimate of drug-likeness (QED) is 0.364. The maximum atomic E-state index is 12.3. The summed E-state index contributed by atoms with van der Waals surface area (Å²) in [6, 6.07) is 2.84. The first-order valence-electron chi connectivity index (χ1n) is 4.82. The summed E-state index contributed by atoms with van der Waals surface area (Å²) >= 11 is -0.523. The average molecular weight is 279 g/mol. The molecular weight excluding hydrogens is 271 g/mol. The third-order valence-corrected chi connectivity index (χ3v) is 2.81. The highest BCUT2D eigenvalue weighted by molar-refractivity contribution is 8.00. The van der Waals surface area contributed by atoms with E-state index in [2.05, 4.69) is 0 Å². The van der Waals surface area contributed by atoms with Gasteiger partial charge in [0.2, 0.25) is 0 Å². The molecule has 0 unspecified atom stereocenters. The van der Waals surface area contributed by atoms with Crippen LogP contribution in [0.5, 0.6) is 0 Å². The van der Waals surface area contributed by atoms with Crippen molar-refractivity contribution >= 4 is 23.2 Å². The van der Waals surface area contributed by atoms with Gasteiger partial charge in [-0.15, -0.1) is 0 Å². The largest absolute Gasteiger partial charge is 0.446 e. The van der Waals surface area contributed by atoms with Gasteiger partial charge in [-0.1, -0.05) is 6.92 Å². The maximum absolute atomic E-state index is 12.3. The molecule has 0 N–H and O–H groups in total. The molecule has 1 rings (SSSR count). The van der Waals surface area contributed by atoms with E-state index in [0.717, 1.165) is 18.2 Å². The van der Waals surface area contributed by atoms with E-state index in [4.69, 9.17) is 0 Å². The van der Waals surface area contributed by atoms with Crippen molar-refractivity contribution in [1.29, 1.82) is 0 Å². The zero-order chi connectivity index (χ0) is 13.9. The van der Waals surface area contributed by atoms with E-state index in [-0.39, 0.29) is 12.0 Å². The van der Waals surface area contributed by atoms with Crippen molar-refractivity contribution < 1.29 is 22.9 Å². The zero-order valence-corrected chi connectivity index (χ0v) is 9.97. The van der Waals surface area contributed by atoms with Crippen molar-refractivity contribution in [3.8, 4) is 0 Å². The summed E-state index contributed by atoms with van der Waals surface area (Å²) in [5, 5.41) is 10.5. The normalized spacial score (nSPS) is 11.3. The number of carbonyl (C=O) groups excluding carboxylic acids is 1. The van der Waals surface area contributed by atoms with E-state index >= 15 is 0 Å². The molecule has 0 aliphatic rings. The maximum Gasteiger partial charge on any atom is 0.446 e. The Morgan fingerprint density at radius 1 is 1.44 bits per heavy atom. The van der Waals surface area contributed by atoms with Crippen LogP contribution in [0.2, 0.25) is 0 Å². The van der Waals surface area contributed by atoms with Crippen molar-refractivity contribution in [1.82, 2.24) is 0 Å². The standard InChI is InChI=1S/C10H8F3NO3S/c1-2-8(15)7-4-3-6(14(16)17)5-9(7)18-10(11,12)13/h3-5H,2H2,1H3. The fraction of sp³-hybridized carbons (Fsp3) is 0.300. The number of Topliss-reactive ketones (excluding diaryl/α,β-unsaturated/α-hetero) is 1. The lowest BCUT2D eigenvalue weighted by atomic mass is 10.1. The van der Waals surface area contributed by atoms with E-state index < -0.39 is 38.6 Å². The highest BCUT2D eigenvalue weighted by atomic mass is 32.2. The Labute approximate surface area is 104 Å². The number of nitrogens with zero attached hydrogens (tertiary/aromatic N) is 1. The molecule has 8 heteroatoms. The van der Waals surface area contributed by atoms with Gasteiger partial charge in [0.05, 0.1) is 4.92 Å². The number of ketones is 1. The Morgan fingerprint density at radius 3 is 2.50 bits per heavy atom. The third kappa shape index (κ3) is 3.73. The predicted molar refractivity (Wildman–Crippen MR) is 59.6 cm³/mol. The van der Waals surface area contributed by atoms with Crippen LogP contribution in [0.15, 0.2) is 23.1 Å². The van der Waals surface area contributed by atoms with Gasteiger partial charge < -0.3 is 0 Å². The van der Waals surface area contributed by atoms with Gasteiger partial charge in [0.15, 0.2) is 5.78 Å². The Hall–Kier alpha value is -1.57. The molecule has 0 atom stereocenters. The highest BCUT2D eigenvalue weighted by Crippen LogP contribution is 2.40. The number of halogens is 3. The van der Waals surface area contributed by atoms with Crippen LogP contribution < -0.4 is 0 Å². The number of non-ortho nitro benzene ring substituents is 1. The average Bonchev–Trinajstić information content (AvgIpc) is 2.25. The molecule has 0 bridgehead atoms. The molecule has 98 valence electrons. The lowest BCUT2D eigenvalue weighted by Gasteiger charge is -2.09. The number of thioether (sulfide) groups is 1. The van der Waals surface area contributed by atoms with Crippen molar-refractivity contribution in [2.75, 3.05) is 0 Å². The highest BCUT2D eigenvalue weighted by Gasteiger charge is 2.32. The van der Waals surface area contributed by atoms with E-state index in [0.29, 0.717) is 0 Å². The number of hydrogen-bond acceptors (Lipinski definition) is 4. The minimum atomic E-state index is -4.60. The summed E-state index contributed by atoms with van der Waals surface area (Å²) in [6.45, 7) is 1.51. The number of alkyl halides is 3. The topological polar surface area (TPSA) is 60.2 Å². The molecule has 0 heterocycles. The van der Waals surface area contributed by atoms with Crippen LogP contribution >= 0.6 is 11.8 Å². The van der Waals surface area contributed by atoms with Crippen molar-refractivity contribution in [3.63, 3.8) is 0 Å². The Morgan fingerprint density at radius 2 is 2.06 bits per heavy atom. The number of nitro benzene ring substituents is 1. The Kier molecular flexibility index (Phi) is 4.33. The Bertz CT molecular complexity index is 488. The summed E-state index contributed by atoms with van der Waals surface area (Å²) in [4.78, 5) is 20.7. The fourth-order valence-corrected chi connectivity index (χ4v) is 1.98. The van der Waals surface area contributed by atoms with Gasteiger partial charge in [0.1, 0.15) is 0 Å². The molecule has 4 nitrogen and oxygen atoms in total. The van der Waals surface area contributed by atoms with E-state index in [9.17, 15) is 28.1 Å². The van der Waals surface area contributed by atoms with E-state index in [1.54, 1.807) is 0 Å². The predicted octanol–water partition coefficient (Wildman–Crippen LogP) is 3.80. The van der Waals surface area contributed by atoms with Crippen LogP contribution in [-0.4, -0.2) is 16.2 Å². The number of carbonyl (C=O) groups is 1. The van der Waals surface area contributed by atoms with Crippen LogP contribution in [0.4, 0.5) is 18.9 Å². The van der Waals surface area contributed by atoms with Gasteiger partial charge in [-0.25, -0.2) is 0 Å². The molecular formula is C10H8F3NO3S. The molecule has 0 amide bonds. The molecule has 0 saturated carbocycles. The van der Waals surface area contributed by atoms with Crippen molar-refractivity contribution in [3.05, 3.63) is 33.9 Å². The smallest absolute Gasteiger partial charge is 0.294 e. The summed E-state index contributed by atoms with van der Waals surface area (Å²) < 4.78 is 36.9. The number of benzene rings is 1. The van der Waals surface area contributed by atoms with Gasteiger partial charge in [-0.2, -0.15) is 13.2 Å². The molecule has 18 heavy (non-hydrogen) atoms. The van der Waals surface area contributed by atoms with E-state index in [1.165, 1.54) is 6.92 Å². The molecule has 0 fully saturated rings. The summed E-state index contributed by atoms with van der Waals surface area (Å²) in [6.07, 6.45) is 0.0310. The molecule has 0 saturated heterocycles. The minimum Gasteiger partial charge on any atom is -0.294 e. The van der Waals surface area contributed by atoms with Crippen LogP contribution in [0.3, 0.4) is 0 Å². The fourth-order valence-electron chi connectivity index (χ4n) is 1.25. The Balaban J connectivity index is 3.26. The van der Waals surface area contributed by atoms with Crippen LogP contribution in [0.25, 0.3) is 0 Å². The van der Waals surface area contributed by atoms with Gasteiger partial charge in [-0.05, 0) is 17.8 Å². The summed E-state index contributed by atoms with van der Waals surface area (Å²) in [5.74, 6) is -0.489. The molecule has 0 radical (unpaired) electrons. The molecule has 0 aromatic heterocycles. The third-order valence-electron chi connectivity index (χ3n) is 2.02. The zero-order valence-electron chi connectivity index (χ0n) is 9.15. The van der Waals surface area contributed by atoms with Crippen molar-refractivity contribution in [2.24, 2.45) is 0 Å². The molecule has 0 spiro atoms. The number of rotatable bonds is 4. The monoisotopic (exact) mass is 279 g/mol. The van der Waals surface area contributed by atoms with E-state index in [1.807, 2.05) is 0 Å². The second-order valence-electron chi connectivity index (χ2n) is 3.26. The summed E-state index contributed by atoms with van der Waals surface area (Å²) in [5.41, 5.74) is -5.22. The van der Waals surface area contributed by atoms with Crippen molar-refractivity contribution in [2.45, 2.75) is 23.7 Å². The first-order chi connectivity index (χ1) is 8.24. The first kappa shape index (κ1) is 14.5. The van der Waals surface area contributed by atoms with Crippen LogP contribution in [0, 0.1) is 10.1 Å². The van der Waals surface area contributed by atoms with Gasteiger partial charge in [0, 0.05) is 29.0 Å². The second kappa shape index (κ2) is 5.38. The number of hydrogen-bond donors (Lipinski definition) is 0. The van der Waals surface area contributed by atoms with Crippen LogP contribution in [0.1, 0.15) is 23.7 Å². The van der Waals surface area contributed by atoms with Gasteiger partial charge in [-0.3, -0.25) is 14.9 Å². The minimum absolute atomic E-state index is 0.0310. The second-order valence-corrected chi connectivity index (χ2v) is 4.37. The van der Waals surface area contributed by atoms with Gasteiger partial charge in [0.25, 0.3) is 5.69 Å². The molecule has 1 aromatic rings. The lowest BCUT2D eigenvalue weighted by Crippen LogP contribution is -2.05. The first-order valence-corrected chi connectivity index (χ1v) is 5.63. The molecule has 0 aliphatic carbocycles. The summed E-state index contributed by atoms with van der Waals surface area (Å²) in [7, 11) is 0. The molecule has 0 aliphatic heterocycles. The lowest BCUT2D eigenvalue weighted by molar-refractivity contribution is -0.385.